The standard InChI is InChI=1S/C17H19NO4S2/c1-4-22-12-8-6-5-7-11(12)9-13-15(19)18(17(23)24-13)14(10(2)3)16(20)21/h5-10,14H,4H2,1-3H3,(H,20,21)/b13-9+/t14-/m1/s1. The van der Waals surface area contributed by atoms with Crippen LogP contribution in [0.1, 0.15) is 26.3 Å². The molecule has 0 unspecified atom stereocenters. The molecule has 0 aromatic heterocycles. The summed E-state index contributed by atoms with van der Waals surface area (Å²) in [6.45, 7) is 5.91. The predicted octanol–water partition coefficient (Wildman–Crippen LogP) is 3.40. The Morgan fingerprint density at radius 2 is 2.08 bits per heavy atom. The number of benzene rings is 1. The van der Waals surface area contributed by atoms with Crippen LogP contribution in [0.3, 0.4) is 0 Å². The first-order valence-corrected chi connectivity index (χ1v) is 8.81. The summed E-state index contributed by atoms with van der Waals surface area (Å²) in [5.74, 6) is -1.02. The van der Waals surface area contributed by atoms with Gasteiger partial charge in [-0.25, -0.2) is 4.79 Å². The van der Waals surface area contributed by atoms with E-state index < -0.39 is 12.0 Å². The average molecular weight is 365 g/mol. The van der Waals surface area contributed by atoms with E-state index in [2.05, 4.69) is 0 Å². The van der Waals surface area contributed by atoms with Crippen molar-refractivity contribution in [1.82, 2.24) is 4.90 Å². The first-order valence-electron chi connectivity index (χ1n) is 7.58. The number of ether oxygens (including phenoxy) is 1. The highest BCUT2D eigenvalue weighted by Gasteiger charge is 2.41. The Bertz CT molecular complexity index is 700. The molecule has 0 spiro atoms. The number of hydrogen-bond acceptors (Lipinski definition) is 5. The Balaban J connectivity index is 2.36. The summed E-state index contributed by atoms with van der Waals surface area (Å²) in [6.07, 6.45) is 1.70. The van der Waals surface area contributed by atoms with E-state index in [9.17, 15) is 14.7 Å². The maximum Gasteiger partial charge on any atom is 0.327 e. The van der Waals surface area contributed by atoms with Crippen molar-refractivity contribution in [3.05, 3.63) is 34.7 Å². The van der Waals surface area contributed by atoms with Gasteiger partial charge in [0.05, 0.1) is 11.5 Å². The minimum absolute atomic E-state index is 0.250. The van der Waals surface area contributed by atoms with E-state index in [1.165, 1.54) is 4.90 Å². The van der Waals surface area contributed by atoms with Crippen molar-refractivity contribution in [2.24, 2.45) is 5.92 Å². The van der Waals surface area contributed by atoms with E-state index in [0.717, 1.165) is 17.3 Å². The SMILES string of the molecule is CCOc1ccccc1/C=C1/SC(=S)N([C@@H](C(=O)O)C(C)C)C1=O. The molecule has 1 saturated heterocycles. The summed E-state index contributed by atoms with van der Waals surface area (Å²) in [4.78, 5) is 25.8. The van der Waals surface area contributed by atoms with E-state index in [1.54, 1.807) is 19.9 Å². The smallest absolute Gasteiger partial charge is 0.327 e. The van der Waals surface area contributed by atoms with Crippen molar-refractivity contribution in [2.45, 2.75) is 26.8 Å². The second-order valence-electron chi connectivity index (χ2n) is 5.55. The third-order valence-electron chi connectivity index (χ3n) is 3.49. The highest BCUT2D eigenvalue weighted by Crippen LogP contribution is 2.36. The van der Waals surface area contributed by atoms with Gasteiger partial charge in [-0.1, -0.05) is 56.0 Å². The van der Waals surface area contributed by atoms with Crippen molar-refractivity contribution in [1.29, 1.82) is 0 Å². The van der Waals surface area contributed by atoms with E-state index in [0.29, 0.717) is 17.3 Å². The first kappa shape index (κ1) is 18.5. The molecule has 0 saturated carbocycles. The first-order chi connectivity index (χ1) is 11.4. The zero-order valence-electron chi connectivity index (χ0n) is 13.7. The van der Waals surface area contributed by atoms with E-state index in [1.807, 2.05) is 31.2 Å². The molecule has 1 fully saturated rings. The number of thiocarbonyl (C=S) groups is 1. The van der Waals surface area contributed by atoms with Gasteiger partial charge >= 0.3 is 5.97 Å². The summed E-state index contributed by atoms with van der Waals surface area (Å²) in [6, 6.07) is 6.40. The van der Waals surface area contributed by atoms with Crippen LogP contribution in [0, 0.1) is 5.92 Å². The quantitative estimate of drug-likeness (QED) is 0.616. The molecule has 1 N–H and O–H groups in total. The lowest BCUT2D eigenvalue weighted by molar-refractivity contribution is -0.146. The molecule has 1 heterocycles. The Labute approximate surface area is 150 Å². The molecule has 1 aliphatic rings. The fourth-order valence-electron chi connectivity index (χ4n) is 2.44. The van der Waals surface area contributed by atoms with Gasteiger partial charge in [-0.05, 0) is 25.0 Å². The topological polar surface area (TPSA) is 66.8 Å². The van der Waals surface area contributed by atoms with Crippen LogP contribution in [0.15, 0.2) is 29.2 Å². The number of carboxylic acids is 1. The van der Waals surface area contributed by atoms with Gasteiger partial charge in [-0.2, -0.15) is 0 Å². The van der Waals surface area contributed by atoms with Crippen molar-refractivity contribution in [3.8, 4) is 5.75 Å². The van der Waals surface area contributed by atoms with Crippen LogP contribution < -0.4 is 4.74 Å². The number of rotatable bonds is 6. The van der Waals surface area contributed by atoms with Gasteiger partial charge in [0.15, 0.2) is 0 Å². The minimum atomic E-state index is -1.06. The molecule has 128 valence electrons. The lowest BCUT2D eigenvalue weighted by atomic mass is 10.0. The molecule has 0 radical (unpaired) electrons. The molecule has 1 amide bonds. The Kier molecular flexibility index (Phi) is 6.01. The van der Waals surface area contributed by atoms with Crippen LogP contribution in [0.4, 0.5) is 0 Å². The fraction of sp³-hybridized carbons (Fsp3) is 0.353. The monoisotopic (exact) mass is 365 g/mol. The van der Waals surface area contributed by atoms with E-state index in [-0.39, 0.29) is 16.1 Å². The largest absolute Gasteiger partial charge is 0.493 e. The van der Waals surface area contributed by atoms with Crippen LogP contribution >= 0.6 is 24.0 Å². The third-order valence-corrected chi connectivity index (χ3v) is 4.82. The average Bonchev–Trinajstić information content (AvgIpc) is 2.77. The number of thioether (sulfide) groups is 1. The van der Waals surface area contributed by atoms with Gasteiger partial charge in [-0.3, -0.25) is 9.69 Å². The van der Waals surface area contributed by atoms with E-state index in [4.69, 9.17) is 17.0 Å². The maximum atomic E-state index is 12.7. The number of para-hydroxylation sites is 1. The summed E-state index contributed by atoms with van der Waals surface area (Å²) < 4.78 is 5.82. The lowest BCUT2D eigenvalue weighted by Gasteiger charge is -2.26. The van der Waals surface area contributed by atoms with Gasteiger partial charge in [0, 0.05) is 5.56 Å². The molecule has 24 heavy (non-hydrogen) atoms. The molecular formula is C17H19NO4S2. The summed E-state index contributed by atoms with van der Waals surface area (Å²) in [5, 5.41) is 9.43. The Morgan fingerprint density at radius 3 is 2.67 bits per heavy atom. The Morgan fingerprint density at radius 1 is 1.42 bits per heavy atom. The predicted molar refractivity (Wildman–Crippen MR) is 98.9 cm³/mol. The van der Waals surface area contributed by atoms with Crippen LogP contribution in [0.5, 0.6) is 5.75 Å². The molecule has 1 atom stereocenters. The second kappa shape index (κ2) is 7.81. The van der Waals surface area contributed by atoms with Crippen molar-refractivity contribution in [3.63, 3.8) is 0 Å². The normalized spacial score (nSPS) is 17.7. The van der Waals surface area contributed by atoms with Gasteiger partial charge in [-0.15, -0.1) is 0 Å². The number of carbonyl (C=O) groups excluding carboxylic acids is 1. The number of aliphatic carboxylic acids is 1. The van der Waals surface area contributed by atoms with Gasteiger partial charge < -0.3 is 9.84 Å². The summed E-state index contributed by atoms with van der Waals surface area (Å²) in [5.41, 5.74) is 0.760. The molecule has 1 aromatic carbocycles. The number of carboxylic acid groups (broad SMARTS) is 1. The summed E-state index contributed by atoms with van der Waals surface area (Å²) >= 11 is 6.36. The highest BCUT2D eigenvalue weighted by molar-refractivity contribution is 8.26. The molecular weight excluding hydrogens is 346 g/mol. The van der Waals surface area contributed by atoms with E-state index >= 15 is 0 Å². The van der Waals surface area contributed by atoms with Crippen LogP contribution in [0.2, 0.25) is 0 Å². The molecule has 1 aliphatic heterocycles. The highest BCUT2D eigenvalue weighted by atomic mass is 32.2. The van der Waals surface area contributed by atoms with Crippen LogP contribution in [0.25, 0.3) is 6.08 Å². The number of amides is 1. The molecule has 0 bridgehead atoms. The van der Waals surface area contributed by atoms with Crippen molar-refractivity contribution in [2.75, 3.05) is 6.61 Å². The fourth-order valence-corrected chi connectivity index (χ4v) is 3.76. The van der Waals surface area contributed by atoms with Gasteiger partial charge in [0.1, 0.15) is 16.1 Å². The number of carbonyl (C=O) groups is 2. The molecule has 1 aromatic rings. The third kappa shape index (κ3) is 3.79. The molecule has 2 rings (SSSR count). The van der Waals surface area contributed by atoms with Crippen LogP contribution in [-0.2, 0) is 9.59 Å². The number of nitrogens with zero attached hydrogens (tertiary/aromatic N) is 1. The maximum absolute atomic E-state index is 12.7. The van der Waals surface area contributed by atoms with Crippen molar-refractivity contribution < 1.29 is 19.4 Å². The van der Waals surface area contributed by atoms with Crippen LogP contribution in [-0.4, -0.2) is 38.9 Å². The van der Waals surface area contributed by atoms with Crippen molar-refractivity contribution >= 4 is 46.3 Å². The van der Waals surface area contributed by atoms with Gasteiger partial charge in [0.2, 0.25) is 0 Å². The zero-order valence-corrected chi connectivity index (χ0v) is 15.3. The van der Waals surface area contributed by atoms with Gasteiger partial charge in [0.25, 0.3) is 5.91 Å². The number of hydrogen-bond donors (Lipinski definition) is 1. The molecule has 0 aliphatic carbocycles. The lowest BCUT2D eigenvalue weighted by Crippen LogP contribution is -2.47. The second-order valence-corrected chi connectivity index (χ2v) is 7.23. The molecule has 7 heteroatoms. The Hall–Kier alpha value is -1.86. The minimum Gasteiger partial charge on any atom is -0.493 e. The zero-order chi connectivity index (χ0) is 17.9. The molecule has 5 nitrogen and oxygen atoms in total. The summed E-state index contributed by atoms with van der Waals surface area (Å²) in [7, 11) is 0.